The second kappa shape index (κ2) is 6.04. The zero-order chi connectivity index (χ0) is 15.7. The Morgan fingerprint density at radius 2 is 1.73 bits per heavy atom. The van der Waals surface area contributed by atoms with E-state index in [1.54, 1.807) is 0 Å². The molecule has 3 rings (SSSR count). The van der Waals surface area contributed by atoms with Crippen molar-refractivity contribution in [1.29, 1.82) is 0 Å². The fourth-order valence-electron chi connectivity index (χ4n) is 2.73. The monoisotopic (exact) mass is 326 g/mol. The Labute approximate surface area is 130 Å². The minimum Gasteiger partial charge on any atom is -0.438 e. The van der Waals surface area contributed by atoms with E-state index in [1.165, 1.54) is 12.1 Å². The molecule has 2 fully saturated rings. The number of sulfonamides is 1. The quantitative estimate of drug-likeness (QED) is 0.866. The first-order chi connectivity index (χ1) is 10.4. The number of hydrogen-bond acceptors (Lipinski definition) is 4. The summed E-state index contributed by atoms with van der Waals surface area (Å²) in [5, 5.41) is 2.73. The summed E-state index contributed by atoms with van der Waals surface area (Å²) in [4.78, 5) is 12.1. The molecule has 0 atom stereocenters. The number of hydrogen-bond donors (Lipinski definition) is 2. The number of amides is 1. The third-order valence-electron chi connectivity index (χ3n) is 4.32. The van der Waals surface area contributed by atoms with Crippen LogP contribution in [0, 0.1) is 5.92 Å². The molecule has 1 aromatic rings. The summed E-state index contributed by atoms with van der Waals surface area (Å²) in [5.74, 6) is 0.421. The first-order valence-corrected chi connectivity index (χ1v) is 9.35. The van der Waals surface area contributed by atoms with Gasteiger partial charge in [0.2, 0.25) is 5.09 Å². The Kier molecular flexibility index (Phi) is 4.27. The van der Waals surface area contributed by atoms with E-state index in [1.807, 2.05) is 0 Å². The predicted octanol–water partition coefficient (Wildman–Crippen LogP) is 2.03. The van der Waals surface area contributed by atoms with E-state index >= 15 is 0 Å². The van der Waals surface area contributed by atoms with Crippen molar-refractivity contribution in [1.82, 2.24) is 10.0 Å². The van der Waals surface area contributed by atoms with Crippen molar-refractivity contribution in [3.63, 3.8) is 0 Å². The average Bonchev–Trinajstić information content (AvgIpc) is 3.11. The van der Waals surface area contributed by atoms with Crippen LogP contribution in [-0.2, 0) is 10.0 Å². The number of carbonyl (C=O) groups excluding carboxylic acids is 1. The molecular weight excluding hydrogens is 304 g/mol. The van der Waals surface area contributed by atoms with Gasteiger partial charge in [-0.3, -0.25) is 4.79 Å². The van der Waals surface area contributed by atoms with E-state index in [0.717, 1.165) is 38.5 Å². The van der Waals surface area contributed by atoms with Crippen LogP contribution in [0.5, 0.6) is 0 Å². The lowest BCUT2D eigenvalue weighted by molar-refractivity contribution is 0.0889. The number of rotatable bonds is 5. The highest BCUT2D eigenvalue weighted by atomic mass is 32.2. The maximum atomic E-state index is 12.1. The van der Waals surface area contributed by atoms with E-state index in [0.29, 0.717) is 5.92 Å². The maximum Gasteiger partial charge on any atom is 0.287 e. The van der Waals surface area contributed by atoms with Gasteiger partial charge in [-0.15, -0.1) is 0 Å². The van der Waals surface area contributed by atoms with Crippen molar-refractivity contribution < 1.29 is 17.6 Å². The van der Waals surface area contributed by atoms with Crippen LogP contribution in [-0.4, -0.2) is 26.4 Å². The van der Waals surface area contributed by atoms with E-state index in [2.05, 4.69) is 17.0 Å². The van der Waals surface area contributed by atoms with Crippen LogP contribution in [0.25, 0.3) is 0 Å². The maximum absolute atomic E-state index is 12.1. The van der Waals surface area contributed by atoms with Crippen LogP contribution in [0.3, 0.4) is 0 Å². The Morgan fingerprint density at radius 3 is 2.36 bits per heavy atom. The van der Waals surface area contributed by atoms with Crippen molar-refractivity contribution in [3.8, 4) is 0 Å². The molecular formula is C15H22N2O4S. The molecule has 22 heavy (non-hydrogen) atoms. The lowest BCUT2D eigenvalue weighted by atomic mass is 9.87. The van der Waals surface area contributed by atoms with Crippen LogP contribution in [0.4, 0.5) is 0 Å². The highest BCUT2D eigenvalue weighted by molar-refractivity contribution is 7.89. The normalized spacial score (nSPS) is 25.9. The minimum absolute atomic E-state index is 0.0107. The molecule has 0 spiro atoms. The van der Waals surface area contributed by atoms with Gasteiger partial charge in [-0.2, -0.15) is 0 Å². The molecule has 2 saturated carbocycles. The van der Waals surface area contributed by atoms with Crippen LogP contribution in [0.2, 0.25) is 0 Å². The molecule has 7 heteroatoms. The lowest BCUT2D eigenvalue weighted by Crippen LogP contribution is -2.37. The van der Waals surface area contributed by atoms with Gasteiger partial charge in [-0.25, -0.2) is 13.1 Å². The Morgan fingerprint density at radius 1 is 1.09 bits per heavy atom. The van der Waals surface area contributed by atoms with E-state index in [4.69, 9.17) is 4.42 Å². The van der Waals surface area contributed by atoms with Crippen LogP contribution < -0.4 is 10.0 Å². The summed E-state index contributed by atoms with van der Waals surface area (Å²) in [6.45, 7) is 2.22. The molecule has 1 amide bonds. The molecule has 122 valence electrons. The van der Waals surface area contributed by atoms with Crippen molar-refractivity contribution in [2.24, 2.45) is 5.92 Å². The van der Waals surface area contributed by atoms with Gasteiger partial charge in [0.05, 0.1) is 0 Å². The summed E-state index contributed by atoms with van der Waals surface area (Å²) < 4.78 is 31.8. The summed E-state index contributed by atoms with van der Waals surface area (Å²) in [5.41, 5.74) is 0. The molecule has 0 unspecified atom stereocenters. The van der Waals surface area contributed by atoms with Gasteiger partial charge in [-0.1, -0.05) is 6.92 Å². The third-order valence-corrected chi connectivity index (χ3v) is 5.71. The second-order valence-electron chi connectivity index (χ2n) is 6.44. The van der Waals surface area contributed by atoms with Gasteiger partial charge in [-0.05, 0) is 56.6 Å². The molecule has 0 saturated heterocycles. The molecule has 0 aromatic carbocycles. The molecule has 0 radical (unpaired) electrons. The molecule has 1 aromatic heterocycles. The SMILES string of the molecule is CC1CCC(NC(=O)c2ccc(S(=O)(=O)NC3CC3)o2)CC1. The molecule has 2 aliphatic rings. The zero-order valence-corrected chi connectivity index (χ0v) is 13.5. The number of furan rings is 1. The average molecular weight is 326 g/mol. The molecule has 0 aliphatic heterocycles. The van der Waals surface area contributed by atoms with Crippen LogP contribution in [0.1, 0.15) is 56.0 Å². The standard InChI is InChI=1S/C15H22N2O4S/c1-10-2-4-11(5-3-10)16-15(18)13-8-9-14(21-13)22(19,20)17-12-6-7-12/h8-12,17H,2-7H2,1H3,(H,16,18). The molecule has 1 heterocycles. The van der Waals surface area contributed by atoms with Crippen LogP contribution >= 0.6 is 0 Å². The third kappa shape index (κ3) is 3.70. The van der Waals surface area contributed by atoms with Gasteiger partial charge < -0.3 is 9.73 Å². The molecule has 2 N–H and O–H groups in total. The largest absolute Gasteiger partial charge is 0.438 e. The smallest absolute Gasteiger partial charge is 0.287 e. The number of carbonyl (C=O) groups is 1. The summed E-state index contributed by atoms with van der Waals surface area (Å²) in [6.07, 6.45) is 5.84. The van der Waals surface area contributed by atoms with Gasteiger partial charge >= 0.3 is 0 Å². The van der Waals surface area contributed by atoms with Gasteiger partial charge in [0, 0.05) is 12.1 Å². The summed E-state index contributed by atoms with van der Waals surface area (Å²) >= 11 is 0. The highest BCUT2D eigenvalue weighted by Crippen LogP contribution is 2.25. The molecule has 6 nitrogen and oxygen atoms in total. The second-order valence-corrected chi connectivity index (χ2v) is 8.09. The molecule has 0 bridgehead atoms. The van der Waals surface area contributed by atoms with Crippen LogP contribution in [0.15, 0.2) is 21.6 Å². The first kappa shape index (κ1) is 15.6. The van der Waals surface area contributed by atoms with Gasteiger partial charge in [0.1, 0.15) is 0 Å². The lowest BCUT2D eigenvalue weighted by Gasteiger charge is -2.26. The Hall–Kier alpha value is -1.34. The zero-order valence-electron chi connectivity index (χ0n) is 12.7. The topological polar surface area (TPSA) is 88.4 Å². The van der Waals surface area contributed by atoms with Crippen molar-refractivity contribution >= 4 is 15.9 Å². The van der Waals surface area contributed by atoms with Gasteiger partial charge in [0.15, 0.2) is 5.76 Å². The Balaban J connectivity index is 1.61. The predicted molar refractivity (Wildman–Crippen MR) is 80.9 cm³/mol. The highest BCUT2D eigenvalue weighted by Gasteiger charge is 2.30. The summed E-state index contributed by atoms with van der Waals surface area (Å²) in [7, 11) is -3.65. The van der Waals surface area contributed by atoms with E-state index in [-0.39, 0.29) is 28.8 Å². The van der Waals surface area contributed by atoms with Crippen molar-refractivity contribution in [3.05, 3.63) is 17.9 Å². The van der Waals surface area contributed by atoms with E-state index < -0.39 is 10.0 Å². The van der Waals surface area contributed by atoms with Gasteiger partial charge in [0.25, 0.3) is 15.9 Å². The fourth-order valence-corrected chi connectivity index (χ4v) is 3.96. The minimum atomic E-state index is -3.65. The first-order valence-electron chi connectivity index (χ1n) is 7.87. The molecule has 2 aliphatic carbocycles. The fraction of sp³-hybridized carbons (Fsp3) is 0.667. The number of nitrogens with one attached hydrogen (secondary N) is 2. The van der Waals surface area contributed by atoms with Crippen molar-refractivity contribution in [2.45, 2.75) is 62.6 Å². The summed E-state index contributed by atoms with van der Waals surface area (Å²) in [6, 6.07) is 2.92. The Bertz CT molecular complexity index is 640. The van der Waals surface area contributed by atoms with Crippen molar-refractivity contribution in [2.75, 3.05) is 0 Å². The van der Waals surface area contributed by atoms with E-state index in [9.17, 15) is 13.2 Å².